The molecule has 1 amide bonds. The number of piperidine rings is 1. The fourth-order valence-electron chi connectivity index (χ4n) is 5.43. The van der Waals surface area contributed by atoms with Gasteiger partial charge in [-0.25, -0.2) is 14.6 Å². The standard InChI is InChI=1S/C30H31N9O/c1-19-11-20(2)17-38(16-19)29-6-4-5-26(35-29)27-10-8-22-14-31-23(12-28(22)34-27)15-32-30(40)25-13-24(9-7-21(25)3)39-18-33-36-37-39/h4-10,12-14,18-20H,11,15-17H2,1-3H3,(H,32,40)/t19-,20+. The summed E-state index contributed by atoms with van der Waals surface area (Å²) in [6.45, 7) is 8.82. The van der Waals surface area contributed by atoms with Gasteiger partial charge in [-0.1, -0.05) is 26.0 Å². The van der Waals surface area contributed by atoms with Gasteiger partial charge in [-0.05, 0) is 83.6 Å². The van der Waals surface area contributed by atoms with Gasteiger partial charge in [-0.2, -0.15) is 0 Å². The first-order valence-corrected chi connectivity index (χ1v) is 13.5. The minimum absolute atomic E-state index is 0.196. The maximum atomic E-state index is 13.0. The normalized spacial score (nSPS) is 17.2. The second-order valence-corrected chi connectivity index (χ2v) is 10.7. The summed E-state index contributed by atoms with van der Waals surface area (Å²) in [4.78, 5) is 29.8. The summed E-state index contributed by atoms with van der Waals surface area (Å²) in [5.74, 6) is 2.10. The Morgan fingerprint density at radius 1 is 1.00 bits per heavy atom. The number of amides is 1. The summed E-state index contributed by atoms with van der Waals surface area (Å²) in [5.41, 5.74) is 5.30. The Hall–Kier alpha value is -4.73. The molecule has 0 aliphatic carbocycles. The van der Waals surface area contributed by atoms with Crippen molar-refractivity contribution < 1.29 is 4.79 Å². The van der Waals surface area contributed by atoms with Crippen LogP contribution in [0.15, 0.2) is 67.1 Å². The molecule has 0 spiro atoms. The fourth-order valence-corrected chi connectivity index (χ4v) is 5.43. The molecule has 0 unspecified atom stereocenters. The summed E-state index contributed by atoms with van der Waals surface area (Å²) < 4.78 is 1.52. The van der Waals surface area contributed by atoms with Gasteiger partial charge in [0.25, 0.3) is 5.91 Å². The summed E-state index contributed by atoms with van der Waals surface area (Å²) in [6.07, 6.45) is 4.54. The molecule has 1 aromatic carbocycles. The number of nitrogens with one attached hydrogen (secondary N) is 1. The van der Waals surface area contributed by atoms with Gasteiger partial charge in [0.15, 0.2) is 0 Å². The molecule has 5 heterocycles. The lowest BCUT2D eigenvalue weighted by Crippen LogP contribution is -2.39. The lowest BCUT2D eigenvalue weighted by Gasteiger charge is -2.35. The van der Waals surface area contributed by atoms with Crippen molar-refractivity contribution >= 4 is 22.6 Å². The van der Waals surface area contributed by atoms with Gasteiger partial charge in [0.2, 0.25) is 0 Å². The topological polar surface area (TPSA) is 115 Å². The lowest BCUT2D eigenvalue weighted by molar-refractivity contribution is 0.0949. The van der Waals surface area contributed by atoms with Crippen LogP contribution < -0.4 is 10.2 Å². The molecule has 202 valence electrons. The van der Waals surface area contributed by atoms with E-state index in [0.717, 1.165) is 52.5 Å². The predicted octanol–water partition coefficient (Wildman–Crippen LogP) is 4.39. The van der Waals surface area contributed by atoms with Gasteiger partial charge in [0.1, 0.15) is 12.1 Å². The molecule has 2 atom stereocenters. The first-order valence-electron chi connectivity index (χ1n) is 13.5. The SMILES string of the molecule is Cc1ccc(-n2cnnn2)cc1C(=O)NCc1cc2nc(-c3cccc(N4C[C@H](C)C[C@H](C)C4)n3)ccc2cn1. The summed E-state index contributed by atoms with van der Waals surface area (Å²) >= 11 is 0. The van der Waals surface area contributed by atoms with E-state index in [1.54, 1.807) is 12.3 Å². The molecule has 4 aromatic heterocycles. The molecule has 10 heteroatoms. The lowest BCUT2D eigenvalue weighted by atomic mass is 9.92. The van der Waals surface area contributed by atoms with Crippen LogP contribution in [0.1, 0.15) is 41.9 Å². The average molecular weight is 534 g/mol. The molecule has 1 aliphatic rings. The molecule has 1 saturated heterocycles. The molecular weight excluding hydrogens is 502 g/mol. The zero-order valence-electron chi connectivity index (χ0n) is 22.8. The van der Waals surface area contributed by atoms with E-state index in [9.17, 15) is 4.79 Å². The monoisotopic (exact) mass is 533 g/mol. The summed E-state index contributed by atoms with van der Waals surface area (Å²) in [5, 5.41) is 15.1. The van der Waals surface area contributed by atoms with Crippen molar-refractivity contribution in [3.63, 3.8) is 0 Å². The van der Waals surface area contributed by atoms with Crippen molar-refractivity contribution in [2.75, 3.05) is 18.0 Å². The fraction of sp³-hybridized carbons (Fsp3) is 0.300. The summed E-state index contributed by atoms with van der Waals surface area (Å²) in [7, 11) is 0. The van der Waals surface area contributed by atoms with Crippen LogP contribution >= 0.6 is 0 Å². The van der Waals surface area contributed by atoms with Crippen LogP contribution in [0.5, 0.6) is 0 Å². The highest BCUT2D eigenvalue weighted by Gasteiger charge is 2.23. The summed E-state index contributed by atoms with van der Waals surface area (Å²) in [6, 6.07) is 17.6. The molecule has 5 aromatic rings. The molecule has 10 nitrogen and oxygen atoms in total. The third kappa shape index (κ3) is 5.38. The Morgan fingerprint density at radius 3 is 2.62 bits per heavy atom. The van der Waals surface area contributed by atoms with Crippen molar-refractivity contribution in [2.24, 2.45) is 11.8 Å². The number of pyridine rings is 3. The third-order valence-electron chi connectivity index (χ3n) is 7.33. The highest BCUT2D eigenvalue weighted by molar-refractivity contribution is 5.96. The quantitative estimate of drug-likeness (QED) is 0.342. The van der Waals surface area contributed by atoms with Crippen molar-refractivity contribution in [1.29, 1.82) is 0 Å². The molecule has 0 bridgehead atoms. The number of rotatable bonds is 6. The number of benzene rings is 1. The van der Waals surface area contributed by atoms with Gasteiger partial charge in [-0.3, -0.25) is 9.78 Å². The Bertz CT molecular complexity index is 1660. The molecule has 1 N–H and O–H groups in total. The highest BCUT2D eigenvalue weighted by atomic mass is 16.1. The predicted molar refractivity (Wildman–Crippen MR) is 153 cm³/mol. The van der Waals surface area contributed by atoms with E-state index < -0.39 is 0 Å². The van der Waals surface area contributed by atoms with E-state index in [4.69, 9.17) is 9.97 Å². The number of aryl methyl sites for hydroxylation is 1. The number of aromatic nitrogens is 7. The number of anilines is 1. The van der Waals surface area contributed by atoms with Crippen molar-refractivity contribution in [1.82, 2.24) is 40.5 Å². The van der Waals surface area contributed by atoms with Crippen molar-refractivity contribution in [3.05, 3.63) is 83.9 Å². The van der Waals surface area contributed by atoms with E-state index >= 15 is 0 Å². The molecule has 0 radical (unpaired) electrons. The van der Waals surface area contributed by atoms with Gasteiger partial charge in [0.05, 0.1) is 34.8 Å². The first-order chi connectivity index (χ1) is 19.4. The molecule has 0 saturated carbocycles. The molecule has 1 aliphatic heterocycles. The maximum absolute atomic E-state index is 13.0. The van der Waals surface area contributed by atoms with E-state index in [1.165, 1.54) is 17.4 Å². The van der Waals surface area contributed by atoms with Crippen LogP contribution in [-0.4, -0.2) is 54.2 Å². The Kier molecular flexibility index (Phi) is 6.90. The molecule has 40 heavy (non-hydrogen) atoms. The zero-order valence-corrected chi connectivity index (χ0v) is 22.8. The number of carbonyl (C=O) groups is 1. The zero-order chi connectivity index (χ0) is 27.6. The maximum Gasteiger partial charge on any atom is 0.251 e. The number of fused-ring (bicyclic) bond motifs is 1. The number of hydrogen-bond acceptors (Lipinski definition) is 8. The van der Waals surface area contributed by atoms with Crippen LogP contribution in [0.4, 0.5) is 5.82 Å². The largest absolute Gasteiger partial charge is 0.356 e. The first kappa shape index (κ1) is 25.5. The van der Waals surface area contributed by atoms with Gasteiger partial charge < -0.3 is 10.2 Å². The minimum atomic E-state index is -0.196. The molecular formula is C30H31N9O. The van der Waals surface area contributed by atoms with E-state index in [2.05, 4.69) is 56.7 Å². The van der Waals surface area contributed by atoms with Crippen molar-refractivity contribution in [2.45, 2.75) is 33.7 Å². The number of carbonyl (C=O) groups excluding carboxylic acids is 1. The second-order valence-electron chi connectivity index (χ2n) is 10.7. The van der Waals surface area contributed by atoms with Crippen LogP contribution in [0, 0.1) is 18.8 Å². The van der Waals surface area contributed by atoms with Crippen LogP contribution in [0.25, 0.3) is 28.0 Å². The second kappa shape index (κ2) is 10.8. The van der Waals surface area contributed by atoms with Gasteiger partial charge >= 0.3 is 0 Å². The number of nitrogens with zero attached hydrogens (tertiary/aromatic N) is 8. The highest BCUT2D eigenvalue weighted by Crippen LogP contribution is 2.27. The van der Waals surface area contributed by atoms with Gasteiger partial charge in [-0.15, -0.1) is 5.10 Å². The minimum Gasteiger partial charge on any atom is -0.356 e. The third-order valence-corrected chi connectivity index (χ3v) is 7.33. The number of hydrogen-bond donors (Lipinski definition) is 1. The van der Waals surface area contributed by atoms with E-state index in [0.29, 0.717) is 23.1 Å². The molecule has 6 rings (SSSR count). The Balaban J connectivity index is 1.20. The van der Waals surface area contributed by atoms with Gasteiger partial charge in [0, 0.05) is 30.2 Å². The van der Waals surface area contributed by atoms with Crippen LogP contribution in [0.3, 0.4) is 0 Å². The number of tetrazole rings is 1. The van der Waals surface area contributed by atoms with Crippen LogP contribution in [-0.2, 0) is 6.54 Å². The Labute approximate surface area is 232 Å². The molecule has 1 fully saturated rings. The van der Waals surface area contributed by atoms with Crippen molar-refractivity contribution in [3.8, 4) is 17.1 Å². The Morgan fingerprint density at radius 2 is 1.82 bits per heavy atom. The average Bonchev–Trinajstić information content (AvgIpc) is 3.50. The van der Waals surface area contributed by atoms with Crippen LogP contribution in [0.2, 0.25) is 0 Å². The van der Waals surface area contributed by atoms with E-state index in [-0.39, 0.29) is 12.5 Å². The smallest absolute Gasteiger partial charge is 0.251 e. The van der Waals surface area contributed by atoms with E-state index in [1.807, 2.05) is 43.3 Å².